The molecule has 2 fully saturated rings. The molecule has 0 bridgehead atoms. The summed E-state index contributed by atoms with van der Waals surface area (Å²) in [4.78, 5) is 10.3. The molecule has 2 atom stereocenters. The maximum atomic E-state index is 10.3. The standard InChI is InChI=1S/C7H10O2.K/c8-7(9)6-4-2-1-3-5(4)6;/h4-6H,1-3H2,(H,8,9);/q;+1/p-1. The van der Waals surface area contributed by atoms with E-state index in [2.05, 4.69) is 0 Å². The van der Waals surface area contributed by atoms with Gasteiger partial charge in [0.05, 0.1) is 0 Å². The third kappa shape index (κ3) is 1.34. The molecule has 3 heteroatoms. The minimum Gasteiger partial charge on any atom is -0.550 e. The first kappa shape index (κ1) is 9.20. The number of carboxylic acids is 1. The van der Waals surface area contributed by atoms with Crippen LogP contribution in [0.15, 0.2) is 0 Å². The molecule has 0 aromatic heterocycles. The van der Waals surface area contributed by atoms with Crippen LogP contribution in [-0.2, 0) is 4.79 Å². The van der Waals surface area contributed by atoms with Crippen LogP contribution in [0.4, 0.5) is 0 Å². The first-order valence-electron chi connectivity index (χ1n) is 3.51. The van der Waals surface area contributed by atoms with Gasteiger partial charge in [-0.3, -0.25) is 0 Å². The molecule has 50 valence electrons. The van der Waals surface area contributed by atoms with Crippen molar-refractivity contribution in [2.24, 2.45) is 17.8 Å². The Hall–Kier alpha value is 1.11. The first-order valence-corrected chi connectivity index (χ1v) is 3.51. The Bertz CT molecular complexity index is 148. The molecule has 2 aliphatic carbocycles. The monoisotopic (exact) mass is 164 g/mol. The Morgan fingerprint density at radius 3 is 2.10 bits per heavy atom. The van der Waals surface area contributed by atoms with Crippen molar-refractivity contribution in [3.05, 3.63) is 0 Å². The Morgan fingerprint density at radius 2 is 1.80 bits per heavy atom. The van der Waals surface area contributed by atoms with E-state index >= 15 is 0 Å². The zero-order valence-corrected chi connectivity index (χ0v) is 9.29. The number of aliphatic carboxylic acids is 1. The number of rotatable bonds is 1. The molecule has 10 heavy (non-hydrogen) atoms. The molecular weight excluding hydrogens is 155 g/mol. The Kier molecular flexibility index (Phi) is 2.97. The SMILES string of the molecule is O=C([O-])C1C2CCCC21.[K+]. The van der Waals surface area contributed by atoms with Crippen LogP contribution in [-0.4, -0.2) is 5.97 Å². The van der Waals surface area contributed by atoms with Gasteiger partial charge in [-0.05, 0) is 24.7 Å². The minimum atomic E-state index is -0.815. The number of carboxylic acid groups (broad SMARTS) is 1. The van der Waals surface area contributed by atoms with E-state index < -0.39 is 5.97 Å². The number of fused-ring (bicyclic) bond motifs is 1. The summed E-state index contributed by atoms with van der Waals surface area (Å²) in [6, 6.07) is 0. The second-order valence-corrected chi connectivity index (χ2v) is 3.10. The summed E-state index contributed by atoms with van der Waals surface area (Å²) in [5, 5.41) is 10.3. The van der Waals surface area contributed by atoms with Crippen LogP contribution in [0.25, 0.3) is 0 Å². The Balaban J connectivity index is 0.000000500. The summed E-state index contributed by atoms with van der Waals surface area (Å²) in [6.07, 6.45) is 3.49. The van der Waals surface area contributed by atoms with Crippen LogP contribution >= 0.6 is 0 Å². The number of hydrogen-bond donors (Lipinski definition) is 0. The molecular formula is C7H9KO2. The fraction of sp³-hybridized carbons (Fsp3) is 0.857. The van der Waals surface area contributed by atoms with E-state index in [0.29, 0.717) is 11.8 Å². The van der Waals surface area contributed by atoms with E-state index in [-0.39, 0.29) is 57.3 Å². The van der Waals surface area contributed by atoms with Gasteiger partial charge in [0.15, 0.2) is 0 Å². The molecule has 2 unspecified atom stereocenters. The van der Waals surface area contributed by atoms with Crippen LogP contribution in [0.2, 0.25) is 0 Å². The van der Waals surface area contributed by atoms with Crippen molar-refractivity contribution in [2.75, 3.05) is 0 Å². The van der Waals surface area contributed by atoms with Gasteiger partial charge in [0.25, 0.3) is 0 Å². The Morgan fingerprint density at radius 1 is 1.30 bits per heavy atom. The topological polar surface area (TPSA) is 40.1 Å². The number of hydrogen-bond acceptors (Lipinski definition) is 2. The summed E-state index contributed by atoms with van der Waals surface area (Å²) in [7, 11) is 0. The normalized spacial score (nSPS) is 41.8. The molecule has 0 aromatic carbocycles. The summed E-state index contributed by atoms with van der Waals surface area (Å²) in [6.45, 7) is 0. The summed E-state index contributed by atoms with van der Waals surface area (Å²) < 4.78 is 0. The molecule has 2 rings (SSSR count). The van der Waals surface area contributed by atoms with Gasteiger partial charge in [-0.15, -0.1) is 0 Å². The van der Waals surface area contributed by atoms with Gasteiger partial charge in [0.2, 0.25) is 0 Å². The van der Waals surface area contributed by atoms with E-state index in [4.69, 9.17) is 0 Å². The van der Waals surface area contributed by atoms with Crippen LogP contribution in [0.5, 0.6) is 0 Å². The molecule has 0 saturated heterocycles. The van der Waals surface area contributed by atoms with Gasteiger partial charge in [-0.1, -0.05) is 6.42 Å². The van der Waals surface area contributed by atoms with Crippen molar-refractivity contribution >= 4 is 5.97 Å². The molecule has 0 amide bonds. The second kappa shape index (κ2) is 3.23. The minimum absolute atomic E-state index is 0. The summed E-state index contributed by atoms with van der Waals surface area (Å²) >= 11 is 0. The van der Waals surface area contributed by atoms with E-state index in [0.717, 1.165) is 12.8 Å². The first-order chi connectivity index (χ1) is 4.30. The molecule has 0 aliphatic heterocycles. The van der Waals surface area contributed by atoms with E-state index in [1.54, 1.807) is 0 Å². The van der Waals surface area contributed by atoms with Gasteiger partial charge in [-0.2, -0.15) is 0 Å². The molecule has 2 saturated carbocycles. The van der Waals surface area contributed by atoms with E-state index in [1.807, 2.05) is 0 Å². The predicted molar refractivity (Wildman–Crippen MR) is 29.3 cm³/mol. The number of carbonyl (C=O) groups excluding carboxylic acids is 1. The number of carbonyl (C=O) groups is 1. The van der Waals surface area contributed by atoms with Crippen molar-refractivity contribution in [3.8, 4) is 0 Å². The van der Waals surface area contributed by atoms with Gasteiger partial charge in [-0.25, -0.2) is 0 Å². The van der Waals surface area contributed by atoms with Crippen LogP contribution < -0.4 is 56.5 Å². The van der Waals surface area contributed by atoms with Gasteiger partial charge >= 0.3 is 51.4 Å². The zero-order valence-electron chi connectivity index (χ0n) is 6.17. The predicted octanol–water partition coefficient (Wildman–Crippen LogP) is -3.21. The molecule has 2 aliphatic rings. The average Bonchev–Trinajstić information content (AvgIpc) is 2.30. The molecule has 0 radical (unpaired) electrons. The van der Waals surface area contributed by atoms with E-state index in [1.165, 1.54) is 6.42 Å². The fourth-order valence-corrected chi connectivity index (χ4v) is 2.17. The van der Waals surface area contributed by atoms with Crippen LogP contribution in [0, 0.1) is 17.8 Å². The molecule has 0 aromatic rings. The van der Waals surface area contributed by atoms with Crippen molar-refractivity contribution in [3.63, 3.8) is 0 Å². The molecule has 2 nitrogen and oxygen atoms in total. The van der Waals surface area contributed by atoms with Gasteiger partial charge < -0.3 is 9.90 Å². The quantitative estimate of drug-likeness (QED) is 0.383. The molecule has 0 spiro atoms. The van der Waals surface area contributed by atoms with Crippen molar-refractivity contribution in [2.45, 2.75) is 19.3 Å². The molecule has 0 heterocycles. The van der Waals surface area contributed by atoms with Crippen molar-refractivity contribution in [1.82, 2.24) is 0 Å². The van der Waals surface area contributed by atoms with Gasteiger partial charge in [0, 0.05) is 11.9 Å². The zero-order chi connectivity index (χ0) is 6.43. The van der Waals surface area contributed by atoms with Crippen molar-refractivity contribution in [1.29, 1.82) is 0 Å². The average molecular weight is 164 g/mol. The van der Waals surface area contributed by atoms with E-state index in [9.17, 15) is 9.90 Å². The fourth-order valence-electron chi connectivity index (χ4n) is 2.17. The summed E-state index contributed by atoms with van der Waals surface area (Å²) in [5.41, 5.74) is 0. The molecule has 0 N–H and O–H groups in total. The maximum absolute atomic E-state index is 10.3. The van der Waals surface area contributed by atoms with Crippen LogP contribution in [0.3, 0.4) is 0 Å². The van der Waals surface area contributed by atoms with Crippen LogP contribution in [0.1, 0.15) is 19.3 Å². The van der Waals surface area contributed by atoms with Crippen molar-refractivity contribution < 1.29 is 61.3 Å². The largest absolute Gasteiger partial charge is 1.00 e. The maximum Gasteiger partial charge on any atom is 1.00 e. The third-order valence-electron chi connectivity index (χ3n) is 2.68. The summed E-state index contributed by atoms with van der Waals surface area (Å²) in [5.74, 6) is 0.147. The second-order valence-electron chi connectivity index (χ2n) is 3.10. The Labute approximate surface area is 103 Å². The smallest absolute Gasteiger partial charge is 0.550 e. The third-order valence-corrected chi connectivity index (χ3v) is 2.68. The van der Waals surface area contributed by atoms with Gasteiger partial charge in [0.1, 0.15) is 0 Å².